The fourth-order valence-electron chi connectivity index (χ4n) is 1.40. The standard InChI is InChI=1S/C11H18N4O2/c1-4-15(5-2)11(16)7-12-9-6-10(17-3)14-8-13-9/h6,8H,4-5,7H2,1-3H3,(H,12,13,14). The van der Waals surface area contributed by atoms with Gasteiger partial charge >= 0.3 is 0 Å². The lowest BCUT2D eigenvalue weighted by molar-refractivity contribution is -0.128. The van der Waals surface area contributed by atoms with E-state index < -0.39 is 0 Å². The lowest BCUT2D eigenvalue weighted by Gasteiger charge is -2.18. The predicted molar refractivity (Wildman–Crippen MR) is 65.0 cm³/mol. The number of likely N-dealkylation sites (N-methyl/N-ethyl adjacent to an activating group) is 1. The van der Waals surface area contributed by atoms with Crippen molar-refractivity contribution in [2.45, 2.75) is 13.8 Å². The molecule has 94 valence electrons. The smallest absolute Gasteiger partial charge is 0.241 e. The molecule has 6 nitrogen and oxygen atoms in total. The summed E-state index contributed by atoms with van der Waals surface area (Å²) in [6, 6.07) is 1.65. The predicted octanol–water partition coefficient (Wildman–Crippen LogP) is 0.765. The molecule has 0 fully saturated rings. The molecule has 17 heavy (non-hydrogen) atoms. The number of anilines is 1. The zero-order valence-corrected chi connectivity index (χ0v) is 10.4. The Morgan fingerprint density at radius 1 is 1.41 bits per heavy atom. The maximum absolute atomic E-state index is 11.7. The Hall–Kier alpha value is -1.85. The number of hydrogen-bond acceptors (Lipinski definition) is 5. The monoisotopic (exact) mass is 238 g/mol. The van der Waals surface area contributed by atoms with Crippen LogP contribution in [0.2, 0.25) is 0 Å². The van der Waals surface area contributed by atoms with Crippen LogP contribution in [0.15, 0.2) is 12.4 Å². The Morgan fingerprint density at radius 3 is 2.71 bits per heavy atom. The number of nitrogens with one attached hydrogen (secondary N) is 1. The van der Waals surface area contributed by atoms with Crippen molar-refractivity contribution in [3.8, 4) is 5.88 Å². The van der Waals surface area contributed by atoms with Crippen LogP contribution in [0.4, 0.5) is 5.82 Å². The highest BCUT2D eigenvalue weighted by molar-refractivity contribution is 5.80. The van der Waals surface area contributed by atoms with E-state index in [2.05, 4.69) is 15.3 Å². The van der Waals surface area contributed by atoms with E-state index in [9.17, 15) is 4.79 Å². The summed E-state index contributed by atoms with van der Waals surface area (Å²) in [5.74, 6) is 1.10. The van der Waals surface area contributed by atoms with E-state index in [1.54, 1.807) is 11.0 Å². The Balaban J connectivity index is 2.52. The first-order valence-corrected chi connectivity index (χ1v) is 5.58. The van der Waals surface area contributed by atoms with Crippen LogP contribution in [-0.4, -0.2) is 47.5 Å². The molecule has 0 aliphatic carbocycles. The maximum Gasteiger partial charge on any atom is 0.241 e. The number of carbonyl (C=O) groups is 1. The Labute approximate surface area is 101 Å². The first kappa shape index (κ1) is 13.2. The number of nitrogens with zero attached hydrogens (tertiary/aromatic N) is 3. The first-order valence-electron chi connectivity index (χ1n) is 5.58. The molecular formula is C11H18N4O2. The molecule has 1 heterocycles. The van der Waals surface area contributed by atoms with Crippen LogP contribution in [0.1, 0.15) is 13.8 Å². The zero-order valence-electron chi connectivity index (χ0n) is 10.4. The summed E-state index contributed by atoms with van der Waals surface area (Å²) >= 11 is 0. The van der Waals surface area contributed by atoms with Crippen molar-refractivity contribution in [2.24, 2.45) is 0 Å². The van der Waals surface area contributed by atoms with Crippen LogP contribution in [0.5, 0.6) is 5.88 Å². The van der Waals surface area contributed by atoms with Crippen molar-refractivity contribution >= 4 is 11.7 Å². The summed E-state index contributed by atoms with van der Waals surface area (Å²) in [4.78, 5) is 21.4. The van der Waals surface area contributed by atoms with Crippen molar-refractivity contribution in [3.05, 3.63) is 12.4 Å². The lowest BCUT2D eigenvalue weighted by Crippen LogP contribution is -2.35. The number of methoxy groups -OCH3 is 1. The second kappa shape index (κ2) is 6.67. The Kier molecular flexibility index (Phi) is 5.19. The van der Waals surface area contributed by atoms with Crippen LogP contribution in [0.3, 0.4) is 0 Å². The summed E-state index contributed by atoms with van der Waals surface area (Å²) in [5.41, 5.74) is 0. The van der Waals surface area contributed by atoms with Gasteiger partial charge in [0.05, 0.1) is 13.7 Å². The third-order valence-electron chi connectivity index (χ3n) is 2.39. The highest BCUT2D eigenvalue weighted by Gasteiger charge is 2.09. The van der Waals surface area contributed by atoms with Crippen molar-refractivity contribution in [2.75, 3.05) is 32.1 Å². The zero-order chi connectivity index (χ0) is 12.7. The topological polar surface area (TPSA) is 67.4 Å². The van der Waals surface area contributed by atoms with Crippen molar-refractivity contribution in [1.29, 1.82) is 0 Å². The summed E-state index contributed by atoms with van der Waals surface area (Å²) in [6.45, 7) is 5.56. The van der Waals surface area contributed by atoms with E-state index in [0.29, 0.717) is 24.8 Å². The van der Waals surface area contributed by atoms with Crippen LogP contribution in [-0.2, 0) is 4.79 Å². The summed E-state index contributed by atoms with van der Waals surface area (Å²) in [5, 5.41) is 2.95. The molecule has 0 spiro atoms. The van der Waals surface area contributed by atoms with Gasteiger partial charge in [0.15, 0.2) is 0 Å². The molecule has 0 unspecified atom stereocenters. The summed E-state index contributed by atoms with van der Waals surface area (Å²) in [7, 11) is 1.53. The molecule has 1 aromatic rings. The molecule has 0 aliphatic rings. The fraction of sp³-hybridized carbons (Fsp3) is 0.545. The van der Waals surface area contributed by atoms with Crippen LogP contribution < -0.4 is 10.1 Å². The van der Waals surface area contributed by atoms with Crippen molar-refractivity contribution < 1.29 is 9.53 Å². The molecule has 1 aromatic heterocycles. The summed E-state index contributed by atoms with van der Waals surface area (Å²) < 4.78 is 4.96. The normalized spacial score (nSPS) is 9.82. The SMILES string of the molecule is CCN(CC)C(=O)CNc1cc(OC)ncn1. The Bertz CT molecular complexity index is 366. The molecule has 0 atom stereocenters. The van der Waals surface area contributed by atoms with Crippen LogP contribution in [0.25, 0.3) is 0 Å². The van der Waals surface area contributed by atoms with Gasteiger partial charge in [-0.05, 0) is 13.8 Å². The van der Waals surface area contributed by atoms with Gasteiger partial charge in [0.25, 0.3) is 0 Å². The number of aromatic nitrogens is 2. The van der Waals surface area contributed by atoms with Gasteiger partial charge in [0.1, 0.15) is 12.1 Å². The van der Waals surface area contributed by atoms with E-state index in [0.717, 1.165) is 0 Å². The molecule has 1 rings (SSSR count). The largest absolute Gasteiger partial charge is 0.481 e. The number of amides is 1. The van der Waals surface area contributed by atoms with E-state index in [1.807, 2.05) is 13.8 Å². The molecule has 0 radical (unpaired) electrons. The molecule has 0 aromatic carbocycles. The van der Waals surface area contributed by atoms with Crippen LogP contribution >= 0.6 is 0 Å². The lowest BCUT2D eigenvalue weighted by atomic mass is 10.4. The molecule has 1 amide bonds. The van der Waals surface area contributed by atoms with E-state index in [-0.39, 0.29) is 12.5 Å². The van der Waals surface area contributed by atoms with Crippen molar-refractivity contribution in [1.82, 2.24) is 14.9 Å². The van der Waals surface area contributed by atoms with Gasteiger partial charge in [0, 0.05) is 19.2 Å². The number of ether oxygens (including phenoxy) is 1. The third kappa shape index (κ3) is 3.90. The molecule has 0 aliphatic heterocycles. The minimum Gasteiger partial charge on any atom is -0.481 e. The molecular weight excluding hydrogens is 220 g/mol. The third-order valence-corrected chi connectivity index (χ3v) is 2.39. The van der Waals surface area contributed by atoms with Gasteiger partial charge < -0.3 is 15.0 Å². The second-order valence-electron chi connectivity index (χ2n) is 3.37. The van der Waals surface area contributed by atoms with E-state index >= 15 is 0 Å². The fourth-order valence-corrected chi connectivity index (χ4v) is 1.40. The average Bonchev–Trinajstić information content (AvgIpc) is 2.38. The number of rotatable bonds is 6. The van der Waals surface area contributed by atoms with Crippen LogP contribution in [0, 0.1) is 0 Å². The van der Waals surface area contributed by atoms with E-state index in [4.69, 9.17) is 4.74 Å². The minimum atomic E-state index is 0.0487. The van der Waals surface area contributed by atoms with E-state index in [1.165, 1.54) is 13.4 Å². The van der Waals surface area contributed by atoms with Gasteiger partial charge in [-0.3, -0.25) is 4.79 Å². The first-order chi connectivity index (χ1) is 8.21. The van der Waals surface area contributed by atoms with Gasteiger partial charge in [-0.2, -0.15) is 0 Å². The molecule has 1 N–H and O–H groups in total. The average molecular weight is 238 g/mol. The molecule has 0 saturated heterocycles. The highest BCUT2D eigenvalue weighted by atomic mass is 16.5. The van der Waals surface area contributed by atoms with Crippen molar-refractivity contribution in [3.63, 3.8) is 0 Å². The minimum absolute atomic E-state index is 0.0487. The Morgan fingerprint density at radius 2 is 2.12 bits per heavy atom. The quantitative estimate of drug-likeness (QED) is 0.792. The van der Waals surface area contributed by atoms with Gasteiger partial charge in [-0.1, -0.05) is 0 Å². The molecule has 6 heteroatoms. The number of carbonyl (C=O) groups excluding carboxylic acids is 1. The molecule has 0 saturated carbocycles. The molecule has 0 bridgehead atoms. The van der Waals surface area contributed by atoms with Gasteiger partial charge in [0.2, 0.25) is 11.8 Å². The summed E-state index contributed by atoms with van der Waals surface area (Å²) in [6.07, 6.45) is 1.39. The second-order valence-corrected chi connectivity index (χ2v) is 3.37. The number of hydrogen-bond donors (Lipinski definition) is 1. The van der Waals surface area contributed by atoms with Gasteiger partial charge in [-0.25, -0.2) is 9.97 Å². The van der Waals surface area contributed by atoms with Gasteiger partial charge in [-0.15, -0.1) is 0 Å². The maximum atomic E-state index is 11.7. The highest BCUT2D eigenvalue weighted by Crippen LogP contribution is 2.09.